The SMILES string of the molecule is Cn1cc2cc(-c3cc(-c4ccnn4C)c4cc([C@@H](O)C5CCC5)sc4n3)cnc2n1. The van der Waals surface area contributed by atoms with Crippen molar-refractivity contribution in [2.45, 2.75) is 25.4 Å². The summed E-state index contributed by atoms with van der Waals surface area (Å²) in [6.45, 7) is 0. The van der Waals surface area contributed by atoms with Crippen molar-refractivity contribution in [1.29, 1.82) is 0 Å². The summed E-state index contributed by atoms with van der Waals surface area (Å²) < 4.78 is 3.65. The molecule has 7 nitrogen and oxygen atoms in total. The first-order chi connectivity index (χ1) is 15.1. The van der Waals surface area contributed by atoms with Crippen molar-refractivity contribution >= 4 is 32.6 Å². The predicted octanol–water partition coefficient (Wildman–Crippen LogP) is 4.48. The van der Waals surface area contributed by atoms with Crippen LogP contribution in [0.1, 0.15) is 30.2 Å². The number of aliphatic hydroxyl groups is 1. The Balaban J connectivity index is 1.55. The van der Waals surface area contributed by atoms with Crippen molar-refractivity contribution in [2.75, 3.05) is 0 Å². The van der Waals surface area contributed by atoms with E-state index in [1.54, 1.807) is 22.2 Å². The van der Waals surface area contributed by atoms with Crippen LogP contribution in [0.3, 0.4) is 0 Å². The number of aryl methyl sites for hydroxylation is 2. The van der Waals surface area contributed by atoms with Gasteiger partial charge < -0.3 is 5.11 Å². The number of nitrogens with zero attached hydrogens (tertiary/aromatic N) is 6. The largest absolute Gasteiger partial charge is 0.387 e. The Morgan fingerprint density at radius 2 is 2.06 bits per heavy atom. The van der Waals surface area contributed by atoms with Crippen LogP contribution in [0.5, 0.6) is 0 Å². The van der Waals surface area contributed by atoms with Crippen LogP contribution in [0.25, 0.3) is 43.8 Å². The molecule has 0 saturated heterocycles. The van der Waals surface area contributed by atoms with Gasteiger partial charge in [-0.15, -0.1) is 11.3 Å². The highest BCUT2D eigenvalue weighted by Gasteiger charge is 2.29. The van der Waals surface area contributed by atoms with E-state index in [0.29, 0.717) is 5.92 Å². The van der Waals surface area contributed by atoms with Gasteiger partial charge in [-0.3, -0.25) is 9.36 Å². The van der Waals surface area contributed by atoms with E-state index in [1.165, 1.54) is 6.42 Å². The van der Waals surface area contributed by atoms with Gasteiger partial charge in [0.25, 0.3) is 0 Å². The Morgan fingerprint density at radius 1 is 1.19 bits per heavy atom. The molecule has 31 heavy (non-hydrogen) atoms. The monoisotopic (exact) mass is 430 g/mol. The average Bonchev–Trinajstić information content (AvgIpc) is 3.41. The highest BCUT2D eigenvalue weighted by Crippen LogP contribution is 2.43. The number of rotatable bonds is 4. The Bertz CT molecular complexity index is 1430. The smallest absolute Gasteiger partial charge is 0.181 e. The highest BCUT2D eigenvalue weighted by atomic mass is 32.1. The van der Waals surface area contributed by atoms with Crippen molar-refractivity contribution in [2.24, 2.45) is 20.0 Å². The molecule has 1 aliphatic rings. The maximum absolute atomic E-state index is 10.9. The minimum atomic E-state index is -0.413. The van der Waals surface area contributed by atoms with Crippen molar-refractivity contribution in [3.05, 3.63) is 47.7 Å². The topological polar surface area (TPSA) is 81.7 Å². The molecule has 156 valence electrons. The lowest BCUT2D eigenvalue weighted by Crippen LogP contribution is -2.19. The van der Waals surface area contributed by atoms with Crippen molar-refractivity contribution < 1.29 is 5.11 Å². The molecule has 1 fully saturated rings. The Labute approximate surface area is 183 Å². The molecule has 1 aliphatic carbocycles. The molecule has 1 saturated carbocycles. The second kappa shape index (κ2) is 6.96. The van der Waals surface area contributed by atoms with E-state index >= 15 is 0 Å². The number of fused-ring (bicyclic) bond motifs is 2. The van der Waals surface area contributed by atoms with E-state index in [1.807, 2.05) is 37.2 Å². The summed E-state index contributed by atoms with van der Waals surface area (Å²) in [4.78, 5) is 11.4. The van der Waals surface area contributed by atoms with Crippen molar-refractivity contribution in [3.8, 4) is 22.5 Å². The molecule has 5 aromatic heterocycles. The number of aliphatic hydroxyl groups excluding tert-OH is 1. The Kier molecular flexibility index (Phi) is 4.19. The third kappa shape index (κ3) is 3.05. The van der Waals surface area contributed by atoms with Gasteiger partial charge in [0.15, 0.2) is 5.65 Å². The summed E-state index contributed by atoms with van der Waals surface area (Å²) in [6, 6.07) is 8.31. The van der Waals surface area contributed by atoms with Gasteiger partial charge in [-0.25, -0.2) is 9.97 Å². The summed E-state index contributed by atoms with van der Waals surface area (Å²) in [6.07, 6.45) is 8.59. The zero-order chi connectivity index (χ0) is 21.1. The fraction of sp³-hybridized carbons (Fsp3) is 0.304. The van der Waals surface area contributed by atoms with Crippen LogP contribution >= 0.6 is 11.3 Å². The summed E-state index contributed by atoms with van der Waals surface area (Å²) in [5.41, 5.74) is 4.61. The van der Waals surface area contributed by atoms with Gasteiger partial charge in [-0.1, -0.05) is 6.42 Å². The van der Waals surface area contributed by atoms with Crippen LogP contribution in [0.4, 0.5) is 0 Å². The van der Waals surface area contributed by atoms with Gasteiger partial charge in [0, 0.05) is 59.5 Å². The standard InChI is InChI=1S/C23H22N6OS/c1-28-12-15-8-14(11-24-22(15)27-28)18-9-16(19-6-7-25-29(19)2)17-10-20(31-23(17)26-18)21(30)13-4-3-5-13/h6-13,21,30H,3-5H2,1-2H3/t21-/m0/s1. The molecule has 0 aliphatic heterocycles. The van der Waals surface area contributed by atoms with Crippen molar-refractivity contribution in [3.63, 3.8) is 0 Å². The maximum Gasteiger partial charge on any atom is 0.181 e. The lowest BCUT2D eigenvalue weighted by atomic mass is 9.80. The first kappa shape index (κ1) is 18.7. The molecule has 0 unspecified atom stereocenters. The number of hydrogen-bond acceptors (Lipinski definition) is 6. The van der Waals surface area contributed by atoms with E-state index in [9.17, 15) is 5.11 Å². The first-order valence-electron chi connectivity index (χ1n) is 10.5. The minimum absolute atomic E-state index is 0.366. The molecule has 0 bridgehead atoms. The van der Waals surface area contributed by atoms with Crippen LogP contribution in [0.2, 0.25) is 0 Å². The minimum Gasteiger partial charge on any atom is -0.387 e. The first-order valence-corrected chi connectivity index (χ1v) is 11.3. The zero-order valence-electron chi connectivity index (χ0n) is 17.4. The molecular weight excluding hydrogens is 408 g/mol. The van der Waals surface area contributed by atoms with Crippen LogP contribution in [-0.4, -0.2) is 34.6 Å². The molecule has 5 heterocycles. The normalized spacial score (nSPS) is 15.6. The van der Waals surface area contributed by atoms with Crippen LogP contribution < -0.4 is 0 Å². The molecule has 0 spiro atoms. The molecule has 1 N–H and O–H groups in total. The molecule has 1 atom stereocenters. The number of pyridine rings is 2. The van der Waals surface area contributed by atoms with E-state index in [2.05, 4.69) is 33.4 Å². The molecule has 6 rings (SSSR count). The molecule has 0 aromatic carbocycles. The van der Waals surface area contributed by atoms with Gasteiger partial charge in [-0.2, -0.15) is 10.2 Å². The quantitative estimate of drug-likeness (QED) is 0.455. The Hall–Kier alpha value is -3.10. The molecule has 0 radical (unpaired) electrons. The van der Waals surface area contributed by atoms with Gasteiger partial charge >= 0.3 is 0 Å². The van der Waals surface area contributed by atoms with Gasteiger partial charge in [0.1, 0.15) is 4.83 Å². The molecular formula is C23H22N6OS. The van der Waals surface area contributed by atoms with Crippen molar-refractivity contribution in [1.82, 2.24) is 29.5 Å². The average molecular weight is 431 g/mol. The van der Waals surface area contributed by atoms with E-state index in [4.69, 9.17) is 4.98 Å². The summed E-state index contributed by atoms with van der Waals surface area (Å²) in [7, 11) is 3.84. The van der Waals surface area contributed by atoms with Crippen LogP contribution in [-0.2, 0) is 14.1 Å². The number of aromatic nitrogens is 6. The number of hydrogen-bond donors (Lipinski definition) is 1. The molecule has 0 amide bonds. The second-order valence-corrected chi connectivity index (χ2v) is 9.40. The van der Waals surface area contributed by atoms with E-state index < -0.39 is 6.10 Å². The molecule has 8 heteroatoms. The summed E-state index contributed by atoms with van der Waals surface area (Å²) in [5.74, 6) is 0.366. The lowest BCUT2D eigenvalue weighted by Gasteiger charge is -2.29. The number of thiophene rings is 1. The van der Waals surface area contributed by atoms with Crippen LogP contribution in [0.15, 0.2) is 42.9 Å². The lowest BCUT2D eigenvalue weighted by molar-refractivity contribution is 0.0650. The zero-order valence-corrected chi connectivity index (χ0v) is 18.2. The van der Waals surface area contributed by atoms with Gasteiger partial charge in [0.2, 0.25) is 0 Å². The Morgan fingerprint density at radius 3 is 2.81 bits per heavy atom. The summed E-state index contributed by atoms with van der Waals surface area (Å²) >= 11 is 1.59. The van der Waals surface area contributed by atoms with Gasteiger partial charge in [0.05, 0.1) is 17.5 Å². The van der Waals surface area contributed by atoms with Gasteiger partial charge in [-0.05, 0) is 43.0 Å². The fourth-order valence-electron chi connectivity index (χ4n) is 4.34. The third-order valence-electron chi connectivity index (χ3n) is 6.28. The van der Waals surface area contributed by atoms with Crippen LogP contribution in [0, 0.1) is 5.92 Å². The third-order valence-corrected chi connectivity index (χ3v) is 7.38. The van der Waals surface area contributed by atoms with E-state index in [-0.39, 0.29) is 0 Å². The van der Waals surface area contributed by atoms with E-state index in [0.717, 1.165) is 61.5 Å². The maximum atomic E-state index is 10.9. The second-order valence-electron chi connectivity index (χ2n) is 8.34. The molecule has 5 aromatic rings. The summed E-state index contributed by atoms with van der Waals surface area (Å²) in [5, 5.41) is 21.6. The predicted molar refractivity (Wildman–Crippen MR) is 122 cm³/mol. The fourth-order valence-corrected chi connectivity index (χ4v) is 5.47. The highest BCUT2D eigenvalue weighted by molar-refractivity contribution is 7.18.